The number of carbonyl (C=O) groups excluding carboxylic acids is 4. The van der Waals surface area contributed by atoms with Gasteiger partial charge in [-0.15, -0.1) is 0 Å². The van der Waals surface area contributed by atoms with E-state index >= 15 is 0 Å². The van der Waals surface area contributed by atoms with Crippen LogP contribution in [0, 0.1) is 0 Å². The highest BCUT2D eigenvalue weighted by Crippen LogP contribution is 2.20. The summed E-state index contributed by atoms with van der Waals surface area (Å²) in [4.78, 5) is 46.2. The molecule has 37 heavy (non-hydrogen) atoms. The molecule has 0 radical (unpaired) electrons. The summed E-state index contributed by atoms with van der Waals surface area (Å²) in [7, 11) is 0. The number of rotatable bonds is 17. The Morgan fingerprint density at radius 1 is 1.22 bits per heavy atom. The number of benzene rings is 1. The van der Waals surface area contributed by atoms with Gasteiger partial charge in [-0.2, -0.15) is 0 Å². The molecule has 3 N–H and O–H groups in total. The number of nitrogens with one attached hydrogen (secondary N) is 1. The molecule has 0 aliphatic heterocycles. The van der Waals surface area contributed by atoms with E-state index in [9.17, 15) is 19.2 Å². The van der Waals surface area contributed by atoms with Gasteiger partial charge in [0.25, 0.3) is 6.47 Å². The lowest BCUT2D eigenvalue weighted by Gasteiger charge is -2.17. The van der Waals surface area contributed by atoms with Crippen LogP contribution < -0.4 is 11.1 Å². The zero-order chi connectivity index (χ0) is 27.0. The van der Waals surface area contributed by atoms with Crippen LogP contribution >= 0.6 is 11.6 Å². The van der Waals surface area contributed by atoms with Crippen molar-refractivity contribution in [3.05, 3.63) is 77.2 Å². The standard InChI is InChI=1S/C27H30ClN3O6/c1-2-19(20-7-3-8-21(28)16-20)6-4-9-22-17-23(37-31-22)11-14-27(35)30-24(10-5-15-36-18-32)25(33)12-13-26(29)34/h2-4,6-9,16-18,24H,1,5,10-15H2,(H2,29,34)(H,30,35)/b9-4+,19-6+/t24-/m0/s1. The van der Waals surface area contributed by atoms with Crippen LogP contribution in [0.2, 0.25) is 5.02 Å². The molecule has 1 aromatic heterocycles. The molecule has 2 aromatic rings. The Kier molecular flexibility index (Phi) is 12.6. The molecule has 9 nitrogen and oxygen atoms in total. The third-order valence-electron chi connectivity index (χ3n) is 5.26. The van der Waals surface area contributed by atoms with Gasteiger partial charge in [0.2, 0.25) is 11.8 Å². The fourth-order valence-corrected chi connectivity index (χ4v) is 3.57. The summed E-state index contributed by atoms with van der Waals surface area (Å²) < 4.78 is 9.93. The number of primary amides is 1. The van der Waals surface area contributed by atoms with E-state index in [0.717, 1.165) is 11.1 Å². The Labute approximate surface area is 220 Å². The molecule has 0 saturated carbocycles. The van der Waals surface area contributed by atoms with E-state index < -0.39 is 11.9 Å². The van der Waals surface area contributed by atoms with E-state index in [1.807, 2.05) is 30.4 Å². The summed E-state index contributed by atoms with van der Waals surface area (Å²) in [5.74, 6) is -0.760. The van der Waals surface area contributed by atoms with Gasteiger partial charge in [0, 0.05) is 36.8 Å². The molecule has 2 rings (SSSR count). The molecule has 1 heterocycles. The highest BCUT2D eigenvalue weighted by molar-refractivity contribution is 6.30. The normalized spacial score (nSPS) is 12.2. The van der Waals surface area contributed by atoms with Gasteiger partial charge in [0.05, 0.1) is 12.6 Å². The lowest BCUT2D eigenvalue weighted by Crippen LogP contribution is -2.41. The van der Waals surface area contributed by atoms with Crippen LogP contribution in [0.3, 0.4) is 0 Å². The predicted octanol–water partition coefficient (Wildman–Crippen LogP) is 3.82. The number of nitrogens with two attached hydrogens (primary N) is 1. The highest BCUT2D eigenvalue weighted by atomic mass is 35.5. The first-order valence-electron chi connectivity index (χ1n) is 11.7. The van der Waals surface area contributed by atoms with Crippen LogP contribution in [0.15, 0.2) is 59.7 Å². The topological polar surface area (TPSA) is 142 Å². The summed E-state index contributed by atoms with van der Waals surface area (Å²) in [6.45, 7) is 4.27. The van der Waals surface area contributed by atoms with Crippen molar-refractivity contribution in [3.8, 4) is 0 Å². The number of nitrogens with zero attached hydrogens (tertiary/aromatic N) is 1. The van der Waals surface area contributed by atoms with Gasteiger partial charge in [-0.3, -0.25) is 19.2 Å². The maximum absolute atomic E-state index is 12.5. The molecule has 1 atom stereocenters. The van der Waals surface area contributed by atoms with Crippen molar-refractivity contribution in [3.63, 3.8) is 0 Å². The third kappa shape index (κ3) is 11.1. The van der Waals surface area contributed by atoms with Gasteiger partial charge in [-0.05, 0) is 42.2 Å². The molecule has 0 aliphatic carbocycles. The first-order valence-corrected chi connectivity index (χ1v) is 12.1. The van der Waals surface area contributed by atoms with Gasteiger partial charge in [-0.1, -0.05) is 53.7 Å². The minimum Gasteiger partial charge on any atom is -0.468 e. The van der Waals surface area contributed by atoms with Gasteiger partial charge in [0.1, 0.15) is 11.5 Å². The molecule has 0 fully saturated rings. The Morgan fingerprint density at radius 3 is 2.73 bits per heavy atom. The SMILES string of the molecule is C=C/C(=C\C=C\c1cc(CCC(=O)N[C@@H](CCCOC=O)C(=O)CCC(N)=O)on1)c1cccc(Cl)c1. The smallest absolute Gasteiger partial charge is 0.293 e. The number of allylic oxidation sites excluding steroid dienone is 4. The van der Waals surface area contributed by atoms with Crippen molar-refractivity contribution >= 4 is 47.3 Å². The third-order valence-corrected chi connectivity index (χ3v) is 5.50. The average Bonchev–Trinajstić information content (AvgIpc) is 3.33. The first-order chi connectivity index (χ1) is 17.8. The Morgan fingerprint density at radius 2 is 2.03 bits per heavy atom. The van der Waals surface area contributed by atoms with Crippen molar-refractivity contribution < 1.29 is 28.4 Å². The van der Waals surface area contributed by atoms with Crippen LogP contribution in [0.5, 0.6) is 0 Å². The zero-order valence-electron chi connectivity index (χ0n) is 20.4. The number of amides is 2. The molecule has 0 spiro atoms. The van der Waals surface area contributed by atoms with Crippen molar-refractivity contribution in [1.82, 2.24) is 10.5 Å². The van der Waals surface area contributed by atoms with E-state index in [2.05, 4.69) is 21.8 Å². The molecule has 1 aromatic carbocycles. The highest BCUT2D eigenvalue weighted by Gasteiger charge is 2.21. The number of carbonyl (C=O) groups is 4. The van der Waals surface area contributed by atoms with E-state index in [4.69, 9.17) is 21.9 Å². The van der Waals surface area contributed by atoms with Crippen LogP contribution in [0.1, 0.15) is 49.1 Å². The van der Waals surface area contributed by atoms with E-state index in [1.165, 1.54) is 0 Å². The number of hydrogen-bond donors (Lipinski definition) is 2. The van der Waals surface area contributed by atoms with Crippen molar-refractivity contribution in [2.24, 2.45) is 5.73 Å². The van der Waals surface area contributed by atoms with Gasteiger partial charge >= 0.3 is 0 Å². The van der Waals surface area contributed by atoms with Crippen molar-refractivity contribution in [2.45, 2.75) is 44.6 Å². The Hall–Kier alpha value is -3.98. The fraction of sp³-hybridized carbons (Fsp3) is 0.296. The van der Waals surface area contributed by atoms with Crippen molar-refractivity contribution in [1.29, 1.82) is 0 Å². The van der Waals surface area contributed by atoms with E-state index in [0.29, 0.717) is 29.4 Å². The summed E-state index contributed by atoms with van der Waals surface area (Å²) in [5.41, 5.74) is 7.51. The second-order valence-electron chi connectivity index (χ2n) is 8.08. The first kappa shape index (κ1) is 29.3. The second-order valence-corrected chi connectivity index (χ2v) is 8.51. The fourth-order valence-electron chi connectivity index (χ4n) is 3.38. The molecule has 2 amide bonds. The summed E-state index contributed by atoms with van der Waals surface area (Å²) >= 11 is 6.05. The number of Topliss-reactive ketones (excluding diaryl/α,β-unsaturated/α-hetero) is 1. The molecular formula is C27H30ClN3O6. The average molecular weight is 528 g/mol. The number of aryl methyl sites for hydroxylation is 1. The van der Waals surface area contributed by atoms with Crippen LogP contribution in [-0.4, -0.2) is 41.9 Å². The maximum atomic E-state index is 12.5. The van der Waals surface area contributed by atoms with Crippen LogP contribution in [0.4, 0.5) is 0 Å². The second kappa shape index (κ2) is 15.9. The summed E-state index contributed by atoms with van der Waals surface area (Å²) in [6.07, 6.45) is 7.97. The Balaban J connectivity index is 1.91. The molecule has 196 valence electrons. The van der Waals surface area contributed by atoms with Crippen molar-refractivity contribution in [2.75, 3.05) is 6.61 Å². The monoisotopic (exact) mass is 527 g/mol. The largest absolute Gasteiger partial charge is 0.468 e. The lowest BCUT2D eigenvalue weighted by molar-refractivity contribution is -0.130. The lowest BCUT2D eigenvalue weighted by atomic mass is 10.0. The van der Waals surface area contributed by atoms with Crippen LogP contribution in [-0.2, 0) is 30.3 Å². The van der Waals surface area contributed by atoms with E-state index in [1.54, 1.807) is 24.3 Å². The Bertz CT molecular complexity index is 1150. The van der Waals surface area contributed by atoms with Gasteiger partial charge in [0.15, 0.2) is 5.78 Å². The van der Waals surface area contributed by atoms with Crippen LogP contribution in [0.25, 0.3) is 11.6 Å². The molecule has 10 heteroatoms. The number of halogens is 1. The molecule has 0 aliphatic rings. The maximum Gasteiger partial charge on any atom is 0.293 e. The zero-order valence-corrected chi connectivity index (χ0v) is 21.1. The number of hydrogen-bond acceptors (Lipinski definition) is 7. The predicted molar refractivity (Wildman–Crippen MR) is 140 cm³/mol. The van der Waals surface area contributed by atoms with E-state index in [-0.39, 0.29) is 50.4 Å². The number of ether oxygens (including phenoxy) is 1. The number of aromatic nitrogens is 1. The molecular weight excluding hydrogens is 498 g/mol. The van der Waals surface area contributed by atoms with Gasteiger partial charge in [-0.25, -0.2) is 0 Å². The number of ketones is 1. The quantitative estimate of drug-likeness (QED) is 0.181. The summed E-state index contributed by atoms with van der Waals surface area (Å²) in [5, 5.41) is 7.29. The minimum absolute atomic E-state index is 0.0675. The molecule has 0 saturated heterocycles. The summed E-state index contributed by atoms with van der Waals surface area (Å²) in [6, 6.07) is 8.35. The molecule has 0 bridgehead atoms. The van der Waals surface area contributed by atoms with Gasteiger partial charge < -0.3 is 20.3 Å². The minimum atomic E-state index is -0.805. The molecule has 0 unspecified atom stereocenters.